The number of hydrogen-bond donors (Lipinski definition) is 1. The number of hydrogen-bond acceptors (Lipinski definition) is 7. The number of carbonyl (C=O) groups excluding carboxylic acids is 1. The van der Waals surface area contributed by atoms with E-state index < -0.39 is 0 Å². The molecular weight excluding hydrogens is 441 g/mol. The number of halogens is 1. The second-order valence-electron chi connectivity index (χ2n) is 7.55. The van der Waals surface area contributed by atoms with Gasteiger partial charge in [-0.25, -0.2) is 14.4 Å². The van der Waals surface area contributed by atoms with Crippen LogP contribution in [0, 0.1) is 5.82 Å². The third-order valence-corrected chi connectivity index (χ3v) is 6.35. The lowest BCUT2D eigenvalue weighted by Gasteiger charge is -2.36. The summed E-state index contributed by atoms with van der Waals surface area (Å²) >= 11 is 1.38. The van der Waals surface area contributed by atoms with Gasteiger partial charge in [-0.1, -0.05) is 36.0 Å². The van der Waals surface area contributed by atoms with Crippen LogP contribution in [0.5, 0.6) is 5.75 Å². The molecule has 0 spiro atoms. The summed E-state index contributed by atoms with van der Waals surface area (Å²) in [6.45, 7) is 3.35. The van der Waals surface area contributed by atoms with E-state index in [1.807, 2.05) is 42.5 Å². The molecule has 0 radical (unpaired) electrons. The van der Waals surface area contributed by atoms with Gasteiger partial charge in [-0.05, 0) is 29.8 Å². The molecule has 2 heterocycles. The van der Waals surface area contributed by atoms with Crippen molar-refractivity contribution < 1.29 is 13.9 Å². The molecule has 1 aromatic heterocycles. The van der Waals surface area contributed by atoms with Crippen LogP contribution >= 0.6 is 11.8 Å². The normalized spacial score (nSPS) is 13.6. The number of amides is 1. The number of methoxy groups -OCH3 is 1. The first-order valence-electron chi connectivity index (χ1n) is 10.7. The van der Waals surface area contributed by atoms with Gasteiger partial charge in [0.25, 0.3) is 0 Å². The highest BCUT2D eigenvalue weighted by Gasteiger charge is 2.20. The van der Waals surface area contributed by atoms with Gasteiger partial charge in [0.05, 0.1) is 18.6 Å². The molecule has 0 saturated carbocycles. The number of rotatable bonds is 8. The molecule has 0 aliphatic carbocycles. The van der Waals surface area contributed by atoms with Crippen LogP contribution in [0.3, 0.4) is 0 Å². The van der Waals surface area contributed by atoms with Gasteiger partial charge in [0, 0.05) is 38.8 Å². The van der Waals surface area contributed by atoms with Crippen LogP contribution < -0.4 is 19.9 Å². The number of anilines is 2. The monoisotopic (exact) mass is 467 g/mol. The van der Waals surface area contributed by atoms with Gasteiger partial charge < -0.3 is 19.9 Å². The summed E-state index contributed by atoms with van der Waals surface area (Å²) in [6.07, 6.45) is 1.52. The Bertz CT molecular complexity index is 1070. The zero-order chi connectivity index (χ0) is 23.0. The minimum absolute atomic E-state index is 0.0607. The average molecular weight is 468 g/mol. The van der Waals surface area contributed by atoms with Gasteiger partial charge in [0.2, 0.25) is 5.91 Å². The maximum Gasteiger partial charge on any atom is 0.230 e. The first-order chi connectivity index (χ1) is 16.1. The molecule has 1 saturated heterocycles. The first kappa shape index (κ1) is 22.8. The fourth-order valence-corrected chi connectivity index (χ4v) is 4.29. The maximum absolute atomic E-state index is 14.1. The van der Waals surface area contributed by atoms with Crippen molar-refractivity contribution in [2.24, 2.45) is 0 Å². The second kappa shape index (κ2) is 11.0. The standard InChI is InChI=1S/C24H26FN5O2S/c1-32-19-8-6-18(7-9-19)15-26-23(31)16-33-24-14-22(27-17-28-24)30-12-10-29(11-13-30)21-5-3-2-4-20(21)25/h2-9,14,17H,10-13,15-16H2,1H3,(H,26,31). The van der Waals surface area contributed by atoms with Gasteiger partial charge in [0.15, 0.2) is 0 Å². The summed E-state index contributed by atoms with van der Waals surface area (Å²) in [5.74, 6) is 1.62. The molecule has 4 rings (SSSR count). The average Bonchev–Trinajstić information content (AvgIpc) is 2.87. The van der Waals surface area contributed by atoms with Crippen molar-refractivity contribution in [3.63, 3.8) is 0 Å². The van der Waals surface area contributed by atoms with Gasteiger partial charge in [-0.15, -0.1) is 0 Å². The minimum Gasteiger partial charge on any atom is -0.497 e. The van der Waals surface area contributed by atoms with Crippen molar-refractivity contribution in [1.29, 1.82) is 0 Å². The molecular formula is C24H26FN5O2S. The molecule has 0 atom stereocenters. The highest BCUT2D eigenvalue weighted by atomic mass is 32.2. The van der Waals surface area contributed by atoms with Crippen LogP contribution in [0.4, 0.5) is 15.9 Å². The molecule has 1 fully saturated rings. The molecule has 0 unspecified atom stereocenters. The molecule has 0 bridgehead atoms. The number of carbonyl (C=O) groups is 1. The number of piperazine rings is 1. The van der Waals surface area contributed by atoms with E-state index in [2.05, 4.69) is 25.1 Å². The van der Waals surface area contributed by atoms with Gasteiger partial charge in [-0.2, -0.15) is 0 Å². The highest BCUT2D eigenvalue weighted by Crippen LogP contribution is 2.24. The van der Waals surface area contributed by atoms with Gasteiger partial charge in [0.1, 0.15) is 28.7 Å². The summed E-state index contributed by atoms with van der Waals surface area (Å²) in [5, 5.41) is 3.67. The van der Waals surface area contributed by atoms with Crippen molar-refractivity contribution in [2.75, 3.05) is 48.8 Å². The number of ether oxygens (including phenoxy) is 1. The van der Waals surface area contributed by atoms with E-state index in [1.54, 1.807) is 13.2 Å². The Kier molecular flexibility index (Phi) is 7.62. The van der Waals surface area contributed by atoms with Crippen LogP contribution in [-0.2, 0) is 11.3 Å². The summed E-state index contributed by atoms with van der Waals surface area (Å²) in [4.78, 5) is 25.1. The van der Waals surface area contributed by atoms with Crippen LogP contribution in [0.2, 0.25) is 0 Å². The van der Waals surface area contributed by atoms with Crippen molar-refractivity contribution in [3.8, 4) is 5.75 Å². The Morgan fingerprint density at radius 3 is 2.52 bits per heavy atom. The molecule has 1 N–H and O–H groups in total. The van der Waals surface area contributed by atoms with Gasteiger partial charge in [-0.3, -0.25) is 4.79 Å². The zero-order valence-electron chi connectivity index (χ0n) is 18.4. The van der Waals surface area contributed by atoms with Crippen LogP contribution in [0.15, 0.2) is 66.0 Å². The molecule has 3 aromatic rings. The molecule has 33 heavy (non-hydrogen) atoms. The molecule has 1 aliphatic rings. The number of nitrogens with zero attached hydrogens (tertiary/aromatic N) is 4. The lowest BCUT2D eigenvalue weighted by Crippen LogP contribution is -2.47. The summed E-state index contributed by atoms with van der Waals surface area (Å²) in [6, 6.07) is 16.3. The largest absolute Gasteiger partial charge is 0.497 e. The Labute approximate surface area is 197 Å². The predicted octanol–water partition coefficient (Wildman–Crippen LogP) is 3.36. The summed E-state index contributed by atoms with van der Waals surface area (Å²) < 4.78 is 19.2. The Morgan fingerprint density at radius 2 is 1.79 bits per heavy atom. The number of para-hydroxylation sites is 1. The fourth-order valence-electron chi connectivity index (χ4n) is 3.60. The van der Waals surface area contributed by atoms with E-state index in [1.165, 1.54) is 24.2 Å². The molecule has 7 nitrogen and oxygen atoms in total. The number of thioether (sulfide) groups is 1. The molecule has 2 aromatic carbocycles. The Hall–Kier alpha value is -3.33. The van der Waals surface area contributed by atoms with E-state index in [9.17, 15) is 9.18 Å². The second-order valence-corrected chi connectivity index (χ2v) is 8.55. The van der Waals surface area contributed by atoms with Crippen molar-refractivity contribution in [2.45, 2.75) is 11.6 Å². The van der Waals surface area contributed by atoms with E-state index in [4.69, 9.17) is 4.74 Å². The number of nitrogens with one attached hydrogen (secondary N) is 1. The lowest BCUT2D eigenvalue weighted by molar-refractivity contribution is -0.118. The molecule has 9 heteroatoms. The van der Waals surface area contributed by atoms with Crippen LogP contribution in [0.1, 0.15) is 5.56 Å². The summed E-state index contributed by atoms with van der Waals surface area (Å²) in [7, 11) is 1.62. The summed E-state index contributed by atoms with van der Waals surface area (Å²) in [5.41, 5.74) is 1.64. The molecule has 172 valence electrons. The first-order valence-corrected chi connectivity index (χ1v) is 11.7. The maximum atomic E-state index is 14.1. The van der Waals surface area contributed by atoms with E-state index in [-0.39, 0.29) is 17.5 Å². The van der Waals surface area contributed by atoms with Crippen LogP contribution in [0.25, 0.3) is 0 Å². The van der Waals surface area contributed by atoms with Crippen LogP contribution in [-0.4, -0.2) is 54.9 Å². The molecule has 1 amide bonds. The van der Waals surface area contributed by atoms with E-state index >= 15 is 0 Å². The molecule has 1 aliphatic heterocycles. The quantitative estimate of drug-likeness (QED) is 0.402. The van der Waals surface area contributed by atoms with Crippen molar-refractivity contribution >= 4 is 29.2 Å². The van der Waals surface area contributed by atoms with Gasteiger partial charge >= 0.3 is 0 Å². The topological polar surface area (TPSA) is 70.6 Å². The predicted molar refractivity (Wildman–Crippen MR) is 128 cm³/mol. The Balaban J connectivity index is 1.25. The lowest BCUT2D eigenvalue weighted by atomic mass is 10.2. The van der Waals surface area contributed by atoms with Crippen molar-refractivity contribution in [1.82, 2.24) is 15.3 Å². The van der Waals surface area contributed by atoms with E-state index in [0.717, 1.165) is 35.2 Å². The minimum atomic E-state index is -0.197. The number of benzene rings is 2. The van der Waals surface area contributed by atoms with E-state index in [0.29, 0.717) is 25.3 Å². The smallest absolute Gasteiger partial charge is 0.230 e. The highest BCUT2D eigenvalue weighted by molar-refractivity contribution is 7.99. The zero-order valence-corrected chi connectivity index (χ0v) is 19.2. The number of aromatic nitrogens is 2. The van der Waals surface area contributed by atoms with Crippen molar-refractivity contribution in [3.05, 3.63) is 72.3 Å². The Morgan fingerprint density at radius 1 is 1.06 bits per heavy atom. The third-order valence-electron chi connectivity index (χ3n) is 5.42. The fraction of sp³-hybridized carbons (Fsp3) is 0.292. The third kappa shape index (κ3) is 6.13. The SMILES string of the molecule is COc1ccc(CNC(=O)CSc2cc(N3CCN(c4ccccc4F)CC3)ncn2)cc1.